The number of ketones is 2. The minimum atomic E-state index is -4.60. The molecule has 3 aromatic rings. The van der Waals surface area contributed by atoms with Gasteiger partial charge in [-0.05, 0) is 86.5 Å². The number of Topliss-reactive ketones (excluding diaryl/α,β-unsaturated/α-hetero) is 2. The van der Waals surface area contributed by atoms with Crippen molar-refractivity contribution in [3.05, 3.63) is 76.1 Å². The van der Waals surface area contributed by atoms with Gasteiger partial charge in [0.25, 0.3) is 0 Å². The van der Waals surface area contributed by atoms with E-state index in [-0.39, 0.29) is 54.9 Å². The monoisotopic (exact) mass is 801 g/mol. The lowest BCUT2D eigenvalue weighted by Gasteiger charge is -2.26. The quantitative estimate of drug-likeness (QED) is 0.127. The van der Waals surface area contributed by atoms with Crippen molar-refractivity contribution in [2.45, 2.75) is 101 Å². The van der Waals surface area contributed by atoms with Crippen LogP contribution in [0.5, 0.6) is 6.01 Å². The molecule has 4 saturated carbocycles. The molecule has 1 aromatic heterocycles. The lowest BCUT2D eigenvalue weighted by molar-refractivity contribution is -0.154. The van der Waals surface area contributed by atoms with Crippen molar-refractivity contribution in [2.24, 2.45) is 22.7 Å². The van der Waals surface area contributed by atoms with Crippen LogP contribution >= 0.6 is 11.6 Å². The van der Waals surface area contributed by atoms with E-state index in [1.165, 1.54) is 0 Å². The molecule has 55 heavy (non-hydrogen) atoms. The molecule has 2 aromatic carbocycles. The van der Waals surface area contributed by atoms with E-state index in [9.17, 15) is 36.0 Å². The molecule has 4 fully saturated rings. The predicted octanol–water partition coefficient (Wildman–Crippen LogP) is 7.13. The molecule has 0 aliphatic heterocycles. The molecule has 4 aliphatic carbocycles. The summed E-state index contributed by atoms with van der Waals surface area (Å²) >= 11 is 6.05. The first-order valence-electron chi connectivity index (χ1n) is 18.6. The summed E-state index contributed by atoms with van der Waals surface area (Å²) < 4.78 is 71.3. The summed E-state index contributed by atoms with van der Waals surface area (Å²) in [6.07, 6.45) is 0.745. The number of carbonyl (C=O) groups excluding carboxylic acids is 3. The van der Waals surface area contributed by atoms with E-state index in [4.69, 9.17) is 16.3 Å². The SMILES string of the molecule is CC(C)(CCC(=O)c1ccc(Cc2nc(NC3(c4ccc(Cl)cc4)CC3)nc(OCC(F)(F)F)n2)cc1)C(=O)C[C@]1(C(=O)NS(=O)(=O)C2CC2)C[C@H]1C1CC1. The van der Waals surface area contributed by atoms with Crippen molar-refractivity contribution in [3.63, 3.8) is 0 Å². The zero-order valence-electron chi connectivity index (χ0n) is 30.5. The van der Waals surface area contributed by atoms with Crippen molar-refractivity contribution in [2.75, 3.05) is 11.9 Å². The van der Waals surface area contributed by atoms with Gasteiger partial charge in [-0.25, -0.2) is 8.42 Å². The highest BCUT2D eigenvalue weighted by molar-refractivity contribution is 7.90. The van der Waals surface area contributed by atoms with E-state index in [1.54, 1.807) is 50.2 Å². The Bertz CT molecular complexity index is 2090. The third kappa shape index (κ3) is 9.31. The number of alkyl halides is 3. The molecule has 0 unspecified atom stereocenters. The summed E-state index contributed by atoms with van der Waals surface area (Å²) in [6, 6.07) is 13.5. The second-order valence-electron chi connectivity index (χ2n) is 16.2. The summed E-state index contributed by atoms with van der Waals surface area (Å²) in [6.45, 7) is 1.93. The third-order valence-corrected chi connectivity index (χ3v) is 13.4. The third-order valence-electron chi connectivity index (χ3n) is 11.3. The van der Waals surface area contributed by atoms with Crippen LogP contribution in [0, 0.1) is 22.7 Å². The molecule has 0 bridgehead atoms. The van der Waals surface area contributed by atoms with Crippen LogP contribution in [0.1, 0.15) is 105 Å². The molecular formula is C39H43ClF3N5O6S. The topological polar surface area (TPSA) is 157 Å². The number of ether oxygens (including phenoxy) is 1. The molecule has 294 valence electrons. The molecule has 16 heteroatoms. The smallest absolute Gasteiger partial charge is 0.422 e. The molecule has 2 N–H and O–H groups in total. The fraction of sp³-hybridized carbons (Fsp3) is 0.538. The summed E-state index contributed by atoms with van der Waals surface area (Å²) in [5, 5.41) is 3.28. The number of hydrogen-bond donors (Lipinski definition) is 2. The Labute approximate surface area is 322 Å². The number of nitrogens with zero attached hydrogens (tertiary/aromatic N) is 3. The number of carbonyl (C=O) groups is 3. The second kappa shape index (κ2) is 14.4. The maximum atomic E-state index is 13.7. The summed E-state index contributed by atoms with van der Waals surface area (Å²) in [4.78, 5) is 53.0. The van der Waals surface area contributed by atoms with E-state index in [1.807, 2.05) is 12.1 Å². The van der Waals surface area contributed by atoms with Gasteiger partial charge in [-0.15, -0.1) is 0 Å². The summed E-state index contributed by atoms with van der Waals surface area (Å²) in [5.41, 5.74) is -0.423. The largest absolute Gasteiger partial charge is 0.454 e. The Morgan fingerprint density at radius 1 is 0.945 bits per heavy atom. The van der Waals surface area contributed by atoms with Gasteiger partial charge in [0.05, 0.1) is 16.2 Å². The molecular weight excluding hydrogens is 759 g/mol. The molecule has 11 nitrogen and oxygen atoms in total. The number of rotatable bonds is 18. The number of halogens is 4. The normalized spacial score (nSPS) is 21.7. The molecule has 2 atom stereocenters. The number of benzene rings is 2. The van der Waals surface area contributed by atoms with Crippen LogP contribution in [0.3, 0.4) is 0 Å². The first-order chi connectivity index (χ1) is 25.9. The lowest BCUT2D eigenvalue weighted by Crippen LogP contribution is -2.42. The maximum absolute atomic E-state index is 13.7. The molecule has 4 aliphatic rings. The van der Waals surface area contributed by atoms with Crippen molar-refractivity contribution in [1.29, 1.82) is 0 Å². The van der Waals surface area contributed by atoms with Crippen molar-refractivity contribution >= 4 is 45.0 Å². The predicted molar refractivity (Wildman–Crippen MR) is 197 cm³/mol. The molecule has 7 rings (SSSR count). The number of aromatic nitrogens is 3. The van der Waals surface area contributed by atoms with Crippen LogP contribution in [0.25, 0.3) is 0 Å². The Balaban J connectivity index is 0.979. The van der Waals surface area contributed by atoms with Crippen LogP contribution in [0.2, 0.25) is 5.02 Å². The Morgan fingerprint density at radius 3 is 2.22 bits per heavy atom. The minimum Gasteiger partial charge on any atom is -0.454 e. The van der Waals surface area contributed by atoms with Crippen LogP contribution < -0.4 is 14.8 Å². The molecule has 0 radical (unpaired) electrons. The highest BCUT2D eigenvalue weighted by Gasteiger charge is 2.66. The highest BCUT2D eigenvalue weighted by Crippen LogP contribution is 2.65. The van der Waals surface area contributed by atoms with Gasteiger partial charge in [-0.1, -0.05) is 61.8 Å². The van der Waals surface area contributed by atoms with E-state index in [0.717, 1.165) is 31.2 Å². The number of hydrogen-bond acceptors (Lipinski definition) is 10. The molecule has 0 saturated heterocycles. The van der Waals surface area contributed by atoms with Crippen LogP contribution in [-0.2, 0) is 31.6 Å². The fourth-order valence-corrected chi connectivity index (χ4v) is 8.76. The van der Waals surface area contributed by atoms with Crippen molar-refractivity contribution < 1.29 is 40.7 Å². The number of anilines is 1. The fourth-order valence-electron chi connectivity index (χ4n) is 7.25. The van der Waals surface area contributed by atoms with Crippen LogP contribution in [0.4, 0.5) is 19.1 Å². The highest BCUT2D eigenvalue weighted by atomic mass is 35.5. The molecule has 0 spiro atoms. The average Bonchev–Trinajstić information content (AvgIpc) is 3.93. The maximum Gasteiger partial charge on any atom is 0.422 e. The number of amides is 1. The molecule has 1 heterocycles. The van der Waals surface area contributed by atoms with Crippen LogP contribution in [-0.4, -0.2) is 58.9 Å². The first-order valence-corrected chi connectivity index (χ1v) is 20.5. The van der Waals surface area contributed by atoms with Gasteiger partial charge >= 0.3 is 12.2 Å². The van der Waals surface area contributed by atoms with E-state index in [0.29, 0.717) is 41.3 Å². The van der Waals surface area contributed by atoms with Gasteiger partial charge in [0.2, 0.25) is 21.9 Å². The van der Waals surface area contributed by atoms with E-state index < -0.39 is 56.3 Å². The van der Waals surface area contributed by atoms with Gasteiger partial charge < -0.3 is 10.1 Å². The second-order valence-corrected chi connectivity index (χ2v) is 18.6. The van der Waals surface area contributed by atoms with Gasteiger partial charge in [-0.2, -0.15) is 28.1 Å². The average molecular weight is 802 g/mol. The first kappa shape index (κ1) is 39.1. The van der Waals surface area contributed by atoms with Gasteiger partial charge in [0.1, 0.15) is 11.6 Å². The Kier molecular flexibility index (Phi) is 10.3. The van der Waals surface area contributed by atoms with Gasteiger partial charge in [-0.3, -0.25) is 19.1 Å². The number of nitrogens with one attached hydrogen (secondary N) is 2. The summed E-state index contributed by atoms with van der Waals surface area (Å²) in [7, 11) is -3.74. The Hall–Kier alpha value is -4.11. The standard InChI is InChI=1S/C39H43ClF3N5O6S/c1-36(2,31(50)21-37(20-29(37)24-7-8-24)33(51)48-55(52,53)28-13-14-28)16-15-30(49)25-5-3-23(4-6-25)19-32-44-34(46-35(45-32)54-22-39(41,42)43)47-38(17-18-38)26-9-11-27(40)12-10-26/h3-6,9-12,24,28-29H,7-8,13-22H2,1-2H3,(H,48,51)(H,44,45,46,47)/t29-,37+/m0/s1. The van der Waals surface area contributed by atoms with E-state index in [2.05, 4.69) is 25.0 Å². The lowest BCUT2D eigenvalue weighted by atomic mass is 9.77. The van der Waals surface area contributed by atoms with Crippen molar-refractivity contribution in [3.8, 4) is 6.01 Å². The Morgan fingerprint density at radius 2 is 1.62 bits per heavy atom. The zero-order valence-corrected chi connectivity index (χ0v) is 32.1. The zero-order chi connectivity index (χ0) is 39.4. The van der Waals surface area contributed by atoms with Gasteiger partial charge in [0, 0.05) is 35.3 Å². The van der Waals surface area contributed by atoms with Gasteiger partial charge in [0.15, 0.2) is 12.4 Å². The van der Waals surface area contributed by atoms with E-state index >= 15 is 0 Å². The number of sulfonamides is 1. The minimum absolute atomic E-state index is 0.00889. The van der Waals surface area contributed by atoms with Crippen LogP contribution in [0.15, 0.2) is 48.5 Å². The molecule has 1 amide bonds. The summed E-state index contributed by atoms with van der Waals surface area (Å²) in [5.74, 6) is -0.386. The van der Waals surface area contributed by atoms with Crippen molar-refractivity contribution in [1.82, 2.24) is 19.7 Å².